The van der Waals surface area contributed by atoms with Crippen molar-refractivity contribution in [3.8, 4) is 0 Å². The number of aromatic carboxylic acids is 1. The fraction of sp³-hybridized carbons (Fsp3) is 0.214. The molecular formula is C28H20Cl2N2O5. The lowest BCUT2D eigenvalue weighted by Crippen LogP contribution is -2.57. The van der Waals surface area contributed by atoms with Crippen molar-refractivity contribution in [2.45, 2.75) is 22.7 Å². The number of nitrogens with one attached hydrogen (secondary N) is 1. The van der Waals surface area contributed by atoms with Crippen molar-refractivity contribution in [1.29, 1.82) is 0 Å². The van der Waals surface area contributed by atoms with Crippen LogP contribution in [0.3, 0.4) is 0 Å². The van der Waals surface area contributed by atoms with Crippen molar-refractivity contribution < 1.29 is 24.3 Å². The zero-order valence-electron chi connectivity index (χ0n) is 19.4. The highest BCUT2D eigenvalue weighted by Gasteiger charge is 2.73. The number of carbonyl (C=O) groups excluding carboxylic acids is 3. The molecule has 0 saturated carbocycles. The first-order valence-corrected chi connectivity index (χ1v) is 12.5. The van der Waals surface area contributed by atoms with Crippen LogP contribution in [0.15, 0.2) is 72.8 Å². The lowest BCUT2D eigenvalue weighted by Gasteiger charge is -2.54. The molecule has 2 bridgehead atoms. The molecule has 3 amide bonds. The lowest BCUT2D eigenvalue weighted by atomic mass is 9.54. The van der Waals surface area contributed by atoms with Crippen molar-refractivity contribution in [1.82, 2.24) is 4.90 Å². The summed E-state index contributed by atoms with van der Waals surface area (Å²) < 4.78 is 0. The Balaban J connectivity index is 1.40. The van der Waals surface area contributed by atoms with Gasteiger partial charge in [-0.1, -0.05) is 48.5 Å². The normalized spacial score (nSPS) is 27.8. The van der Waals surface area contributed by atoms with Crippen LogP contribution in [0.2, 0.25) is 0 Å². The van der Waals surface area contributed by atoms with E-state index in [2.05, 4.69) is 5.32 Å². The van der Waals surface area contributed by atoms with Gasteiger partial charge in [0.1, 0.15) is 15.8 Å². The second-order valence-corrected chi connectivity index (χ2v) is 10.8. The van der Waals surface area contributed by atoms with Crippen LogP contribution >= 0.6 is 23.2 Å². The first-order chi connectivity index (χ1) is 17.6. The van der Waals surface area contributed by atoms with Gasteiger partial charge < -0.3 is 10.4 Å². The zero-order valence-corrected chi connectivity index (χ0v) is 21.0. The summed E-state index contributed by atoms with van der Waals surface area (Å²) in [4.78, 5) is 50.5. The molecule has 1 aliphatic heterocycles. The van der Waals surface area contributed by atoms with Crippen molar-refractivity contribution in [2.75, 3.05) is 5.32 Å². The number of anilines is 1. The second-order valence-electron chi connectivity index (χ2n) is 9.56. The average molecular weight is 535 g/mol. The van der Waals surface area contributed by atoms with Crippen molar-refractivity contribution >= 4 is 52.6 Å². The summed E-state index contributed by atoms with van der Waals surface area (Å²) in [5, 5.41) is 11.7. The first kappa shape index (κ1) is 23.7. The number of benzene rings is 3. The van der Waals surface area contributed by atoms with Crippen LogP contribution in [-0.2, 0) is 24.1 Å². The number of imide groups is 1. The van der Waals surface area contributed by atoms with E-state index in [0.29, 0.717) is 27.9 Å². The van der Waals surface area contributed by atoms with Gasteiger partial charge in [0.15, 0.2) is 0 Å². The highest BCUT2D eigenvalue weighted by Crippen LogP contribution is 2.69. The summed E-state index contributed by atoms with van der Waals surface area (Å²) >= 11 is 14.8. The first-order valence-electron chi connectivity index (χ1n) is 11.7. The summed E-state index contributed by atoms with van der Waals surface area (Å²) in [5.41, 5.74) is 3.14. The Morgan fingerprint density at radius 3 is 1.59 bits per heavy atom. The van der Waals surface area contributed by atoms with Gasteiger partial charge in [-0.25, -0.2) is 4.79 Å². The maximum absolute atomic E-state index is 13.9. The monoisotopic (exact) mass is 534 g/mol. The third-order valence-corrected chi connectivity index (χ3v) is 9.07. The quantitative estimate of drug-likeness (QED) is 0.383. The topological polar surface area (TPSA) is 104 Å². The van der Waals surface area contributed by atoms with Crippen LogP contribution in [0.1, 0.15) is 39.5 Å². The van der Waals surface area contributed by atoms with Gasteiger partial charge >= 0.3 is 5.97 Å². The molecule has 186 valence electrons. The highest BCUT2D eigenvalue weighted by atomic mass is 35.5. The number of hydrogen-bond donors (Lipinski definition) is 2. The van der Waals surface area contributed by atoms with Crippen LogP contribution in [0, 0.1) is 11.8 Å². The Kier molecular flexibility index (Phi) is 5.07. The molecule has 1 saturated heterocycles. The van der Waals surface area contributed by atoms with E-state index < -0.39 is 51.3 Å². The number of carbonyl (C=O) groups is 4. The third-order valence-electron chi connectivity index (χ3n) is 7.79. The standard InChI is InChI=1S/C28H20Cl2N2O5/c1-14(23(33)31-16-12-10-15(11-13-16)26(36)37)32-24(34)21-22(25(32)35)28(30)18-7-3-2-6-17(18)27(21,29)19-8-4-5-9-20(19)28/h2-14,21-22H,1H3,(H,31,33)(H,36,37)/t14-,21-,22+,27?,28?/m1/s1. The van der Waals surface area contributed by atoms with Crippen LogP contribution < -0.4 is 5.32 Å². The average Bonchev–Trinajstić information content (AvgIpc) is 3.18. The summed E-state index contributed by atoms with van der Waals surface area (Å²) in [7, 11) is 0. The van der Waals surface area contributed by atoms with Gasteiger partial charge in [0.25, 0.3) is 0 Å². The molecule has 7 rings (SSSR count). The maximum Gasteiger partial charge on any atom is 0.335 e. The largest absolute Gasteiger partial charge is 0.478 e. The second kappa shape index (κ2) is 7.91. The number of amides is 3. The molecule has 1 heterocycles. The molecule has 3 aromatic carbocycles. The third kappa shape index (κ3) is 2.95. The number of carboxylic acid groups (broad SMARTS) is 1. The Bertz CT molecular complexity index is 1400. The van der Waals surface area contributed by atoms with Crippen molar-refractivity contribution in [3.63, 3.8) is 0 Å². The van der Waals surface area contributed by atoms with E-state index in [1.54, 1.807) is 0 Å². The molecule has 3 aromatic rings. The number of rotatable bonds is 4. The predicted molar refractivity (Wildman–Crippen MR) is 136 cm³/mol. The summed E-state index contributed by atoms with van der Waals surface area (Å²) in [6.45, 7) is 1.47. The molecule has 0 radical (unpaired) electrons. The van der Waals surface area contributed by atoms with Gasteiger partial charge in [-0.2, -0.15) is 0 Å². The Labute approximate surface area is 222 Å². The van der Waals surface area contributed by atoms with E-state index in [1.807, 2.05) is 48.5 Å². The van der Waals surface area contributed by atoms with Crippen molar-refractivity contribution in [3.05, 3.63) is 101 Å². The number of carboxylic acids is 1. The minimum Gasteiger partial charge on any atom is -0.478 e. The SMILES string of the molecule is C[C@H](C(=O)Nc1ccc(C(=O)O)cc1)N1C(=O)[C@@H]2[C@H](C1=O)C1(Cl)c3ccccc3C2(Cl)c2ccccc21. The fourth-order valence-electron chi connectivity index (χ4n) is 6.13. The maximum atomic E-state index is 13.9. The molecule has 1 fully saturated rings. The number of halogens is 2. The minimum atomic E-state index is -1.32. The number of likely N-dealkylation sites (tertiary alicyclic amines) is 1. The van der Waals surface area contributed by atoms with E-state index in [-0.39, 0.29) is 5.56 Å². The molecule has 2 N–H and O–H groups in total. The molecule has 37 heavy (non-hydrogen) atoms. The van der Waals surface area contributed by atoms with Gasteiger partial charge in [-0.3, -0.25) is 19.3 Å². The Morgan fingerprint density at radius 2 is 1.22 bits per heavy atom. The van der Waals surface area contributed by atoms with E-state index in [4.69, 9.17) is 28.3 Å². The molecule has 0 spiro atoms. The van der Waals surface area contributed by atoms with Crippen LogP contribution in [-0.4, -0.2) is 39.7 Å². The smallest absolute Gasteiger partial charge is 0.335 e. The Hall–Kier alpha value is -3.68. The number of alkyl halides is 2. The molecule has 9 heteroatoms. The van der Waals surface area contributed by atoms with E-state index in [9.17, 15) is 19.2 Å². The molecular weight excluding hydrogens is 515 g/mol. The van der Waals surface area contributed by atoms with E-state index in [0.717, 1.165) is 4.90 Å². The summed E-state index contributed by atoms with van der Waals surface area (Å²) in [5.74, 6) is -4.78. The minimum absolute atomic E-state index is 0.0643. The zero-order chi connectivity index (χ0) is 26.3. The summed E-state index contributed by atoms with van der Waals surface area (Å²) in [6, 6.07) is 19.1. The highest BCUT2D eigenvalue weighted by molar-refractivity contribution is 6.36. The molecule has 7 nitrogen and oxygen atoms in total. The molecule has 0 aromatic heterocycles. The fourth-order valence-corrected chi connectivity index (χ4v) is 7.23. The molecule has 4 aliphatic rings. The van der Waals surface area contributed by atoms with Gasteiger partial charge in [-0.15, -0.1) is 23.2 Å². The van der Waals surface area contributed by atoms with Gasteiger partial charge in [-0.05, 0) is 53.4 Å². The molecule has 3 aliphatic carbocycles. The van der Waals surface area contributed by atoms with Crippen LogP contribution in [0.5, 0.6) is 0 Å². The number of hydrogen-bond acceptors (Lipinski definition) is 4. The predicted octanol–water partition coefficient (Wildman–Crippen LogP) is 4.31. The van der Waals surface area contributed by atoms with E-state index in [1.165, 1.54) is 31.2 Å². The van der Waals surface area contributed by atoms with Gasteiger partial charge in [0.2, 0.25) is 17.7 Å². The Morgan fingerprint density at radius 1 is 0.811 bits per heavy atom. The number of nitrogens with zero attached hydrogens (tertiary/aromatic N) is 1. The van der Waals surface area contributed by atoms with Gasteiger partial charge in [0, 0.05) is 5.69 Å². The van der Waals surface area contributed by atoms with Crippen molar-refractivity contribution in [2.24, 2.45) is 11.8 Å². The van der Waals surface area contributed by atoms with E-state index >= 15 is 0 Å². The lowest BCUT2D eigenvalue weighted by molar-refractivity contribution is -0.146. The van der Waals surface area contributed by atoms with Gasteiger partial charge in [0.05, 0.1) is 17.4 Å². The molecule has 3 atom stereocenters. The molecule has 0 unspecified atom stereocenters. The van der Waals surface area contributed by atoms with Crippen LogP contribution in [0.25, 0.3) is 0 Å². The summed E-state index contributed by atoms with van der Waals surface area (Å²) in [6.07, 6.45) is 0. The van der Waals surface area contributed by atoms with Crippen LogP contribution in [0.4, 0.5) is 5.69 Å².